The predicted molar refractivity (Wildman–Crippen MR) is 91.3 cm³/mol. The Balaban J connectivity index is 1.59. The van der Waals surface area contributed by atoms with Gasteiger partial charge in [-0.2, -0.15) is 4.98 Å². The van der Waals surface area contributed by atoms with Crippen LogP contribution >= 0.6 is 0 Å². The molecular weight excluding hydrogens is 302 g/mol. The van der Waals surface area contributed by atoms with Crippen molar-refractivity contribution < 1.29 is 9.63 Å². The zero-order chi connectivity index (χ0) is 16.6. The van der Waals surface area contributed by atoms with Crippen LogP contribution in [0.15, 0.2) is 65.2 Å². The summed E-state index contributed by atoms with van der Waals surface area (Å²) in [6, 6.07) is 20.2. The van der Waals surface area contributed by atoms with Crippen molar-refractivity contribution in [2.75, 3.05) is 6.61 Å². The van der Waals surface area contributed by atoms with Gasteiger partial charge in [-0.3, -0.25) is 0 Å². The van der Waals surface area contributed by atoms with Crippen molar-refractivity contribution in [3.63, 3.8) is 0 Å². The Morgan fingerprint density at radius 3 is 2.42 bits per heavy atom. The smallest absolute Gasteiger partial charge is 0.231 e. The molecule has 3 aromatic rings. The standard InChI is InChI=1S/C19H21N3O2/c23-12-11-17(16-9-5-2-6-10-16)20-14-18-21-19(24-22-18)13-15-7-3-1-4-8-15/h1-10,17,20,23H,11-14H2. The molecule has 3 rings (SSSR count). The summed E-state index contributed by atoms with van der Waals surface area (Å²) in [5, 5.41) is 16.7. The average Bonchev–Trinajstić information content (AvgIpc) is 3.07. The van der Waals surface area contributed by atoms with E-state index >= 15 is 0 Å². The largest absolute Gasteiger partial charge is 0.396 e. The van der Waals surface area contributed by atoms with Crippen LogP contribution in [-0.2, 0) is 13.0 Å². The van der Waals surface area contributed by atoms with Crippen LogP contribution in [0.2, 0.25) is 0 Å². The van der Waals surface area contributed by atoms with Crippen molar-refractivity contribution in [2.24, 2.45) is 0 Å². The molecule has 124 valence electrons. The summed E-state index contributed by atoms with van der Waals surface area (Å²) in [5.74, 6) is 1.23. The maximum atomic E-state index is 9.27. The van der Waals surface area contributed by atoms with Crippen LogP contribution in [-0.4, -0.2) is 21.9 Å². The summed E-state index contributed by atoms with van der Waals surface area (Å²) >= 11 is 0. The van der Waals surface area contributed by atoms with Crippen LogP contribution in [0.1, 0.15) is 35.3 Å². The SMILES string of the molecule is OCCC(NCc1noc(Cc2ccccc2)n1)c1ccccc1. The van der Waals surface area contributed by atoms with E-state index in [1.54, 1.807) is 0 Å². The lowest BCUT2D eigenvalue weighted by Crippen LogP contribution is -2.22. The number of aliphatic hydroxyl groups excluding tert-OH is 1. The average molecular weight is 323 g/mol. The molecule has 0 aliphatic heterocycles. The van der Waals surface area contributed by atoms with Gasteiger partial charge in [-0.1, -0.05) is 65.8 Å². The number of hydrogen-bond donors (Lipinski definition) is 2. The first-order chi connectivity index (χ1) is 11.8. The normalized spacial score (nSPS) is 12.2. The minimum absolute atomic E-state index is 0.0623. The van der Waals surface area contributed by atoms with E-state index < -0.39 is 0 Å². The second kappa shape index (κ2) is 8.38. The highest BCUT2D eigenvalue weighted by molar-refractivity contribution is 5.19. The molecule has 0 aliphatic rings. The van der Waals surface area contributed by atoms with E-state index in [1.165, 1.54) is 0 Å². The van der Waals surface area contributed by atoms with E-state index in [-0.39, 0.29) is 12.6 Å². The lowest BCUT2D eigenvalue weighted by atomic mass is 10.0. The monoisotopic (exact) mass is 323 g/mol. The molecule has 0 radical (unpaired) electrons. The van der Waals surface area contributed by atoms with E-state index in [0.717, 1.165) is 11.1 Å². The summed E-state index contributed by atoms with van der Waals surface area (Å²) in [4.78, 5) is 4.43. The second-order valence-corrected chi connectivity index (χ2v) is 5.62. The predicted octanol–water partition coefficient (Wildman–Crippen LogP) is 2.87. The topological polar surface area (TPSA) is 71.2 Å². The fraction of sp³-hybridized carbons (Fsp3) is 0.263. The summed E-state index contributed by atoms with van der Waals surface area (Å²) in [6.45, 7) is 0.621. The lowest BCUT2D eigenvalue weighted by molar-refractivity contribution is 0.264. The molecule has 1 unspecified atom stereocenters. The molecule has 0 spiro atoms. The van der Waals surface area contributed by atoms with Gasteiger partial charge in [0.2, 0.25) is 5.89 Å². The summed E-state index contributed by atoms with van der Waals surface area (Å²) in [7, 11) is 0. The molecule has 0 bridgehead atoms. The van der Waals surface area contributed by atoms with Crippen molar-refractivity contribution in [2.45, 2.75) is 25.4 Å². The Bertz CT molecular complexity index is 729. The fourth-order valence-electron chi connectivity index (χ4n) is 2.62. The quantitative estimate of drug-likeness (QED) is 0.667. The van der Waals surface area contributed by atoms with Crippen molar-refractivity contribution >= 4 is 0 Å². The van der Waals surface area contributed by atoms with Crippen LogP contribution in [0.5, 0.6) is 0 Å². The number of aliphatic hydroxyl groups is 1. The Morgan fingerprint density at radius 1 is 1.00 bits per heavy atom. The Morgan fingerprint density at radius 2 is 1.71 bits per heavy atom. The first-order valence-corrected chi connectivity index (χ1v) is 8.09. The Labute approximate surface area is 141 Å². The Hall–Kier alpha value is -2.50. The number of nitrogens with zero attached hydrogens (tertiary/aromatic N) is 2. The van der Waals surface area contributed by atoms with Crippen LogP contribution in [0.4, 0.5) is 0 Å². The molecule has 5 nitrogen and oxygen atoms in total. The van der Waals surface area contributed by atoms with Gasteiger partial charge in [0.05, 0.1) is 13.0 Å². The molecule has 1 atom stereocenters. The summed E-state index contributed by atoms with van der Waals surface area (Å²) in [6.07, 6.45) is 1.27. The molecule has 0 saturated heterocycles. The van der Waals surface area contributed by atoms with Gasteiger partial charge >= 0.3 is 0 Å². The molecule has 2 aromatic carbocycles. The van der Waals surface area contributed by atoms with Crippen LogP contribution in [0.3, 0.4) is 0 Å². The van der Waals surface area contributed by atoms with Crippen LogP contribution < -0.4 is 5.32 Å². The first kappa shape index (κ1) is 16.4. The van der Waals surface area contributed by atoms with Crippen molar-refractivity contribution in [3.05, 3.63) is 83.5 Å². The minimum Gasteiger partial charge on any atom is -0.396 e. The minimum atomic E-state index is 0.0623. The molecular formula is C19H21N3O2. The van der Waals surface area contributed by atoms with Gasteiger partial charge in [0.15, 0.2) is 5.82 Å². The molecule has 1 heterocycles. The summed E-state index contributed by atoms with van der Waals surface area (Å²) in [5.41, 5.74) is 2.28. The van der Waals surface area contributed by atoms with Gasteiger partial charge < -0.3 is 14.9 Å². The third kappa shape index (κ3) is 4.50. The van der Waals surface area contributed by atoms with Gasteiger partial charge in [-0.15, -0.1) is 0 Å². The third-order valence-corrected chi connectivity index (χ3v) is 3.83. The number of rotatable bonds is 8. The number of hydrogen-bond acceptors (Lipinski definition) is 5. The van der Waals surface area contributed by atoms with E-state index in [2.05, 4.69) is 15.5 Å². The van der Waals surface area contributed by atoms with E-state index in [9.17, 15) is 5.11 Å². The molecule has 0 amide bonds. The van der Waals surface area contributed by atoms with Gasteiger partial charge in [-0.05, 0) is 17.5 Å². The maximum absolute atomic E-state index is 9.27. The third-order valence-electron chi connectivity index (χ3n) is 3.83. The lowest BCUT2D eigenvalue weighted by Gasteiger charge is -2.17. The number of aromatic nitrogens is 2. The maximum Gasteiger partial charge on any atom is 0.231 e. The van der Waals surface area contributed by atoms with Crippen molar-refractivity contribution in [1.29, 1.82) is 0 Å². The van der Waals surface area contributed by atoms with Gasteiger partial charge in [0, 0.05) is 12.6 Å². The molecule has 0 aliphatic carbocycles. The first-order valence-electron chi connectivity index (χ1n) is 8.09. The van der Waals surface area contributed by atoms with Crippen LogP contribution in [0.25, 0.3) is 0 Å². The number of benzene rings is 2. The highest BCUT2D eigenvalue weighted by atomic mass is 16.5. The molecule has 5 heteroatoms. The van der Waals surface area contributed by atoms with Crippen molar-refractivity contribution in [1.82, 2.24) is 15.5 Å². The molecule has 1 aromatic heterocycles. The van der Waals surface area contributed by atoms with Gasteiger partial charge in [0.25, 0.3) is 0 Å². The van der Waals surface area contributed by atoms with Crippen molar-refractivity contribution in [3.8, 4) is 0 Å². The second-order valence-electron chi connectivity index (χ2n) is 5.62. The highest BCUT2D eigenvalue weighted by Gasteiger charge is 2.12. The molecule has 2 N–H and O–H groups in total. The van der Waals surface area contributed by atoms with E-state index in [1.807, 2.05) is 60.7 Å². The van der Waals surface area contributed by atoms with E-state index in [0.29, 0.717) is 31.1 Å². The zero-order valence-corrected chi connectivity index (χ0v) is 13.4. The van der Waals surface area contributed by atoms with E-state index in [4.69, 9.17) is 4.52 Å². The molecule has 0 fully saturated rings. The van der Waals surface area contributed by atoms with Gasteiger partial charge in [0.1, 0.15) is 0 Å². The Kier molecular flexibility index (Phi) is 5.71. The molecule has 0 saturated carbocycles. The van der Waals surface area contributed by atoms with Crippen LogP contribution in [0, 0.1) is 0 Å². The highest BCUT2D eigenvalue weighted by Crippen LogP contribution is 2.16. The number of nitrogens with one attached hydrogen (secondary N) is 1. The zero-order valence-electron chi connectivity index (χ0n) is 13.4. The fourth-order valence-corrected chi connectivity index (χ4v) is 2.62. The summed E-state index contributed by atoms with van der Waals surface area (Å²) < 4.78 is 5.32. The molecule has 24 heavy (non-hydrogen) atoms. The van der Waals surface area contributed by atoms with Gasteiger partial charge in [-0.25, -0.2) is 0 Å².